The molecule has 2 aromatic carbocycles. The monoisotopic (exact) mass is 284 g/mol. The lowest BCUT2D eigenvalue weighted by atomic mass is 9.76. The summed E-state index contributed by atoms with van der Waals surface area (Å²) in [6.07, 6.45) is 2.19. The summed E-state index contributed by atoms with van der Waals surface area (Å²) >= 11 is 0. The van der Waals surface area contributed by atoms with Crippen molar-refractivity contribution in [2.75, 3.05) is 14.2 Å². The van der Waals surface area contributed by atoms with Gasteiger partial charge in [-0.2, -0.15) is 0 Å². The summed E-state index contributed by atoms with van der Waals surface area (Å²) in [5, 5.41) is 11.1. The van der Waals surface area contributed by atoms with Crippen LogP contribution in [0, 0.1) is 0 Å². The number of aliphatic hydroxyl groups is 1. The van der Waals surface area contributed by atoms with Gasteiger partial charge in [0.25, 0.3) is 0 Å². The van der Waals surface area contributed by atoms with E-state index < -0.39 is 5.60 Å². The first kappa shape index (κ1) is 14.0. The molecule has 3 nitrogen and oxygen atoms in total. The molecule has 0 fully saturated rings. The summed E-state index contributed by atoms with van der Waals surface area (Å²) in [6.45, 7) is 0. The lowest BCUT2D eigenvalue weighted by Gasteiger charge is -2.35. The van der Waals surface area contributed by atoms with Crippen molar-refractivity contribution in [3.8, 4) is 11.5 Å². The van der Waals surface area contributed by atoms with Gasteiger partial charge in [0, 0.05) is 18.1 Å². The Bertz CT molecular complexity index is 651. The highest BCUT2D eigenvalue weighted by Gasteiger charge is 2.36. The molecule has 0 radical (unpaired) electrons. The van der Waals surface area contributed by atoms with E-state index in [1.165, 1.54) is 11.1 Å². The fraction of sp³-hybridized carbons (Fsp3) is 0.333. The van der Waals surface area contributed by atoms with Gasteiger partial charge in [0.1, 0.15) is 11.5 Å². The van der Waals surface area contributed by atoms with Gasteiger partial charge in [0.2, 0.25) is 0 Å². The van der Waals surface area contributed by atoms with E-state index in [-0.39, 0.29) is 0 Å². The van der Waals surface area contributed by atoms with Crippen LogP contribution in [0.5, 0.6) is 11.5 Å². The third kappa shape index (κ3) is 2.49. The van der Waals surface area contributed by atoms with Crippen molar-refractivity contribution in [3.63, 3.8) is 0 Å². The van der Waals surface area contributed by atoms with Crippen LogP contribution in [0.25, 0.3) is 0 Å². The van der Waals surface area contributed by atoms with Crippen LogP contribution < -0.4 is 9.47 Å². The third-order valence-electron chi connectivity index (χ3n) is 4.32. The first-order chi connectivity index (χ1) is 10.2. The summed E-state index contributed by atoms with van der Waals surface area (Å²) in [7, 11) is 3.25. The predicted molar refractivity (Wildman–Crippen MR) is 81.9 cm³/mol. The van der Waals surface area contributed by atoms with E-state index in [0.717, 1.165) is 17.7 Å². The average Bonchev–Trinajstić information content (AvgIpc) is 2.54. The van der Waals surface area contributed by atoms with E-state index in [2.05, 4.69) is 18.2 Å². The molecule has 0 amide bonds. The highest BCUT2D eigenvalue weighted by molar-refractivity contribution is 5.46. The molecule has 110 valence electrons. The molecule has 0 spiro atoms. The average molecular weight is 284 g/mol. The topological polar surface area (TPSA) is 38.7 Å². The van der Waals surface area contributed by atoms with Gasteiger partial charge < -0.3 is 14.6 Å². The van der Waals surface area contributed by atoms with Gasteiger partial charge >= 0.3 is 0 Å². The molecule has 0 bridgehead atoms. The normalized spacial score (nSPS) is 20.7. The maximum absolute atomic E-state index is 11.1. The minimum absolute atomic E-state index is 0.617. The molecule has 1 N–H and O–H groups in total. The zero-order chi connectivity index (χ0) is 14.9. The Hall–Kier alpha value is -2.00. The highest BCUT2D eigenvalue weighted by atomic mass is 16.5. The summed E-state index contributed by atoms with van der Waals surface area (Å²) in [5.74, 6) is 1.41. The highest BCUT2D eigenvalue weighted by Crippen LogP contribution is 2.41. The van der Waals surface area contributed by atoms with Crippen molar-refractivity contribution in [2.24, 2.45) is 0 Å². The SMILES string of the molecule is COc1ccc(C2(O)CCc3ccccc3C2)c(OC)c1. The number of aryl methyl sites for hydroxylation is 1. The van der Waals surface area contributed by atoms with E-state index in [4.69, 9.17) is 9.47 Å². The second-order valence-corrected chi connectivity index (χ2v) is 5.54. The van der Waals surface area contributed by atoms with E-state index in [1.54, 1.807) is 14.2 Å². The molecular weight excluding hydrogens is 264 g/mol. The van der Waals surface area contributed by atoms with Crippen molar-refractivity contribution >= 4 is 0 Å². The molecule has 0 heterocycles. The Labute approximate surface area is 125 Å². The number of methoxy groups -OCH3 is 2. The smallest absolute Gasteiger partial charge is 0.128 e. The van der Waals surface area contributed by atoms with Crippen LogP contribution in [0.15, 0.2) is 42.5 Å². The van der Waals surface area contributed by atoms with Crippen molar-refractivity contribution in [1.82, 2.24) is 0 Å². The molecular formula is C18H20O3. The number of rotatable bonds is 3. The van der Waals surface area contributed by atoms with Crippen molar-refractivity contribution in [1.29, 1.82) is 0 Å². The number of ether oxygens (including phenoxy) is 2. The Kier molecular flexibility index (Phi) is 3.60. The standard InChI is InChI=1S/C18H20O3/c1-20-15-7-8-16(17(11-15)21-2)18(19)10-9-13-5-3-4-6-14(13)12-18/h3-8,11,19H,9-10,12H2,1-2H3. The Morgan fingerprint density at radius 3 is 2.48 bits per heavy atom. The lowest BCUT2D eigenvalue weighted by Crippen LogP contribution is -2.33. The van der Waals surface area contributed by atoms with Gasteiger partial charge in [-0.3, -0.25) is 0 Å². The minimum atomic E-state index is -0.883. The van der Waals surface area contributed by atoms with Gasteiger partial charge in [-0.25, -0.2) is 0 Å². The molecule has 1 unspecified atom stereocenters. The van der Waals surface area contributed by atoms with E-state index in [9.17, 15) is 5.11 Å². The van der Waals surface area contributed by atoms with Crippen LogP contribution in [0.1, 0.15) is 23.1 Å². The fourth-order valence-electron chi connectivity index (χ4n) is 3.13. The maximum Gasteiger partial charge on any atom is 0.128 e. The van der Waals surface area contributed by atoms with Crippen LogP contribution in [-0.2, 0) is 18.4 Å². The van der Waals surface area contributed by atoms with Crippen molar-refractivity contribution < 1.29 is 14.6 Å². The van der Waals surface area contributed by atoms with E-state index >= 15 is 0 Å². The lowest BCUT2D eigenvalue weighted by molar-refractivity contribution is 0.0200. The molecule has 2 aromatic rings. The van der Waals surface area contributed by atoms with Crippen LogP contribution in [0.4, 0.5) is 0 Å². The second kappa shape index (κ2) is 5.41. The first-order valence-electron chi connectivity index (χ1n) is 7.18. The third-order valence-corrected chi connectivity index (χ3v) is 4.32. The predicted octanol–water partition coefficient (Wildman–Crippen LogP) is 3.08. The zero-order valence-corrected chi connectivity index (χ0v) is 12.4. The van der Waals surface area contributed by atoms with Crippen LogP contribution >= 0.6 is 0 Å². The molecule has 0 saturated heterocycles. The molecule has 21 heavy (non-hydrogen) atoms. The Morgan fingerprint density at radius 2 is 1.76 bits per heavy atom. The molecule has 0 aliphatic heterocycles. The number of hydrogen-bond donors (Lipinski definition) is 1. The zero-order valence-electron chi connectivity index (χ0n) is 12.4. The Balaban J connectivity index is 2.00. The minimum Gasteiger partial charge on any atom is -0.497 e. The Morgan fingerprint density at radius 1 is 1.00 bits per heavy atom. The number of fused-ring (bicyclic) bond motifs is 1. The molecule has 0 aromatic heterocycles. The molecule has 3 rings (SSSR count). The van der Waals surface area contributed by atoms with Crippen LogP contribution in [-0.4, -0.2) is 19.3 Å². The van der Waals surface area contributed by atoms with Gasteiger partial charge in [0.05, 0.1) is 19.8 Å². The summed E-state index contributed by atoms with van der Waals surface area (Å²) in [6, 6.07) is 13.9. The number of hydrogen-bond acceptors (Lipinski definition) is 3. The van der Waals surface area contributed by atoms with E-state index in [1.807, 2.05) is 24.3 Å². The van der Waals surface area contributed by atoms with Crippen LogP contribution in [0.3, 0.4) is 0 Å². The molecule has 3 heteroatoms. The van der Waals surface area contributed by atoms with Crippen LogP contribution in [0.2, 0.25) is 0 Å². The summed E-state index contributed by atoms with van der Waals surface area (Å²) in [5.41, 5.74) is 2.49. The fourth-order valence-corrected chi connectivity index (χ4v) is 3.13. The van der Waals surface area contributed by atoms with Crippen molar-refractivity contribution in [3.05, 3.63) is 59.2 Å². The largest absolute Gasteiger partial charge is 0.497 e. The molecule has 1 aliphatic rings. The molecule has 0 saturated carbocycles. The van der Waals surface area contributed by atoms with Gasteiger partial charge in [-0.05, 0) is 36.1 Å². The maximum atomic E-state index is 11.1. The van der Waals surface area contributed by atoms with Gasteiger partial charge in [0.15, 0.2) is 0 Å². The number of benzene rings is 2. The molecule has 1 atom stereocenters. The van der Waals surface area contributed by atoms with Crippen molar-refractivity contribution in [2.45, 2.75) is 24.9 Å². The van der Waals surface area contributed by atoms with Gasteiger partial charge in [-0.15, -0.1) is 0 Å². The van der Waals surface area contributed by atoms with E-state index in [0.29, 0.717) is 18.6 Å². The molecule has 1 aliphatic carbocycles. The second-order valence-electron chi connectivity index (χ2n) is 5.54. The first-order valence-corrected chi connectivity index (χ1v) is 7.18. The van der Waals surface area contributed by atoms with Gasteiger partial charge in [-0.1, -0.05) is 24.3 Å². The quantitative estimate of drug-likeness (QED) is 0.941. The summed E-state index contributed by atoms with van der Waals surface area (Å²) in [4.78, 5) is 0. The summed E-state index contributed by atoms with van der Waals surface area (Å²) < 4.78 is 10.7.